The maximum atomic E-state index is 14.4. The highest BCUT2D eigenvalue weighted by atomic mass is 16.3. The van der Waals surface area contributed by atoms with Crippen molar-refractivity contribution < 1.29 is 15.0 Å². The Labute approximate surface area is 235 Å². The van der Waals surface area contributed by atoms with E-state index < -0.39 is 24.3 Å². The van der Waals surface area contributed by atoms with E-state index in [0.717, 1.165) is 22.3 Å². The molecule has 1 heterocycles. The van der Waals surface area contributed by atoms with Gasteiger partial charge in [-0.15, -0.1) is 0 Å². The Morgan fingerprint density at radius 1 is 0.500 bits per heavy atom. The summed E-state index contributed by atoms with van der Waals surface area (Å²) in [5.41, 5.74) is 10.5. The van der Waals surface area contributed by atoms with E-state index in [4.69, 9.17) is 0 Å². The van der Waals surface area contributed by atoms with Crippen molar-refractivity contribution in [3.63, 3.8) is 0 Å². The largest absolute Gasteiger partial charge is 0.388 e. The minimum absolute atomic E-state index is 0.357. The third kappa shape index (κ3) is 6.76. The number of hydrogen-bond acceptors (Lipinski definition) is 5. The van der Waals surface area contributed by atoms with Crippen LogP contribution in [0.4, 0.5) is 4.79 Å². The Bertz CT molecular complexity index is 1220. The molecule has 0 saturated carbocycles. The van der Waals surface area contributed by atoms with E-state index in [1.54, 1.807) is 0 Å². The van der Waals surface area contributed by atoms with Gasteiger partial charge < -0.3 is 10.2 Å². The molecule has 1 aliphatic heterocycles. The quantitative estimate of drug-likeness (QED) is 0.245. The van der Waals surface area contributed by atoms with Gasteiger partial charge in [-0.2, -0.15) is 0 Å². The molecule has 4 unspecified atom stereocenters. The summed E-state index contributed by atoms with van der Waals surface area (Å²) in [6, 6.07) is 37.3. The van der Waals surface area contributed by atoms with E-state index in [2.05, 4.69) is 10.9 Å². The molecule has 206 valence electrons. The highest BCUT2D eigenvalue weighted by Gasteiger charge is 2.46. The zero-order chi connectivity index (χ0) is 27.7. The standard InChI is InChI=1S/C33H36N4O3/c38-31-29(21-25-13-5-1-6-14-25)36(34-23-27-17-9-3-10-18-27)33(40)37(35-24-28-19-11-4-12-20-28)30(32(31)39)22-26-15-7-2-8-16-26/h1-20,29-32,34-35,38-39H,21-24H2. The monoisotopic (exact) mass is 536 g/mol. The summed E-state index contributed by atoms with van der Waals surface area (Å²) in [5.74, 6) is 0. The maximum Gasteiger partial charge on any atom is 0.349 e. The Morgan fingerprint density at radius 2 is 0.800 bits per heavy atom. The number of amides is 2. The van der Waals surface area contributed by atoms with Gasteiger partial charge in [0.25, 0.3) is 0 Å². The van der Waals surface area contributed by atoms with E-state index in [9.17, 15) is 15.0 Å². The number of carbonyl (C=O) groups is 1. The van der Waals surface area contributed by atoms with E-state index in [0.29, 0.717) is 25.9 Å². The molecule has 1 saturated heterocycles. The molecule has 7 heteroatoms. The molecule has 0 spiro atoms. The second-order valence-corrected chi connectivity index (χ2v) is 10.2. The molecule has 0 bridgehead atoms. The van der Waals surface area contributed by atoms with E-state index in [1.807, 2.05) is 121 Å². The van der Waals surface area contributed by atoms with Gasteiger partial charge in [-0.3, -0.25) is 10.0 Å². The molecule has 0 radical (unpaired) electrons. The predicted octanol–water partition coefficient (Wildman–Crippen LogP) is 4.08. The summed E-state index contributed by atoms with van der Waals surface area (Å²) < 4.78 is 0. The number of aliphatic hydroxyl groups excluding tert-OH is 2. The molecular formula is C33H36N4O3. The number of benzene rings is 4. The summed E-state index contributed by atoms with van der Waals surface area (Å²) in [7, 11) is 0. The molecule has 5 rings (SSSR count). The van der Waals surface area contributed by atoms with Crippen molar-refractivity contribution in [1.82, 2.24) is 20.9 Å². The molecule has 4 aromatic carbocycles. The van der Waals surface area contributed by atoms with Gasteiger partial charge in [-0.05, 0) is 35.1 Å². The predicted molar refractivity (Wildman–Crippen MR) is 156 cm³/mol. The SMILES string of the molecule is O=C1N(NCc2ccccc2)C(Cc2ccccc2)C(O)C(O)C(Cc2ccccc2)N1NCc1ccccc1. The third-order valence-corrected chi connectivity index (χ3v) is 7.38. The van der Waals surface area contributed by atoms with Gasteiger partial charge in [0.15, 0.2) is 0 Å². The smallest absolute Gasteiger partial charge is 0.349 e. The van der Waals surface area contributed by atoms with Crippen molar-refractivity contribution in [1.29, 1.82) is 0 Å². The minimum atomic E-state index is -1.20. The van der Waals surface area contributed by atoms with Crippen molar-refractivity contribution >= 4 is 6.03 Å². The number of urea groups is 1. The van der Waals surface area contributed by atoms with Crippen LogP contribution in [0.1, 0.15) is 22.3 Å². The average Bonchev–Trinajstić information content (AvgIpc) is 3.07. The summed E-state index contributed by atoms with van der Waals surface area (Å²) in [6.07, 6.45) is -1.66. The second kappa shape index (κ2) is 13.4. The van der Waals surface area contributed by atoms with Crippen molar-refractivity contribution in [2.75, 3.05) is 0 Å². The molecule has 4 N–H and O–H groups in total. The normalized spacial score (nSPS) is 21.3. The van der Waals surface area contributed by atoms with Crippen molar-refractivity contribution in [3.05, 3.63) is 144 Å². The lowest BCUT2D eigenvalue weighted by Crippen LogP contribution is -2.59. The molecule has 4 atom stereocenters. The fourth-order valence-corrected chi connectivity index (χ4v) is 5.21. The van der Waals surface area contributed by atoms with Crippen LogP contribution in [-0.4, -0.2) is 50.6 Å². The summed E-state index contributed by atoms with van der Waals surface area (Å²) in [4.78, 5) is 14.4. The number of hydrazine groups is 2. The van der Waals surface area contributed by atoms with Gasteiger partial charge in [0.1, 0.15) is 12.2 Å². The fraction of sp³-hybridized carbons (Fsp3) is 0.242. The number of carbonyl (C=O) groups excluding carboxylic acids is 1. The lowest BCUT2D eigenvalue weighted by atomic mass is 9.92. The molecule has 4 aromatic rings. The number of aliphatic hydroxyl groups is 2. The van der Waals surface area contributed by atoms with Crippen LogP contribution in [0.25, 0.3) is 0 Å². The first kappa shape index (κ1) is 27.6. The van der Waals surface area contributed by atoms with Gasteiger partial charge in [0, 0.05) is 13.1 Å². The Morgan fingerprint density at radius 3 is 1.12 bits per heavy atom. The molecule has 7 nitrogen and oxygen atoms in total. The Balaban J connectivity index is 1.50. The van der Waals surface area contributed by atoms with Gasteiger partial charge >= 0.3 is 6.03 Å². The van der Waals surface area contributed by atoms with Crippen LogP contribution >= 0.6 is 0 Å². The lowest BCUT2D eigenvalue weighted by Gasteiger charge is -2.35. The maximum absolute atomic E-state index is 14.4. The minimum Gasteiger partial charge on any atom is -0.388 e. The number of nitrogens with zero attached hydrogens (tertiary/aromatic N) is 2. The zero-order valence-corrected chi connectivity index (χ0v) is 22.4. The van der Waals surface area contributed by atoms with Crippen molar-refractivity contribution in [2.45, 2.75) is 50.2 Å². The van der Waals surface area contributed by atoms with Crippen molar-refractivity contribution in [3.8, 4) is 0 Å². The Hall–Kier alpha value is -4.01. The van der Waals surface area contributed by atoms with Crippen LogP contribution in [0.5, 0.6) is 0 Å². The molecule has 0 aromatic heterocycles. The Kier molecular flexibility index (Phi) is 9.21. The first-order chi connectivity index (χ1) is 19.6. The van der Waals surface area contributed by atoms with E-state index in [1.165, 1.54) is 10.0 Å². The lowest BCUT2D eigenvalue weighted by molar-refractivity contribution is -0.0485. The first-order valence-corrected chi connectivity index (χ1v) is 13.7. The average molecular weight is 537 g/mol. The molecular weight excluding hydrogens is 500 g/mol. The third-order valence-electron chi connectivity index (χ3n) is 7.38. The highest BCUT2D eigenvalue weighted by molar-refractivity contribution is 5.75. The molecule has 0 aliphatic carbocycles. The van der Waals surface area contributed by atoms with E-state index >= 15 is 0 Å². The second-order valence-electron chi connectivity index (χ2n) is 10.2. The van der Waals surface area contributed by atoms with Crippen LogP contribution in [0.2, 0.25) is 0 Å². The molecule has 2 amide bonds. The van der Waals surface area contributed by atoms with Crippen molar-refractivity contribution in [2.24, 2.45) is 0 Å². The summed E-state index contributed by atoms with van der Waals surface area (Å²) in [5, 5.41) is 26.3. The van der Waals surface area contributed by atoms with Crippen LogP contribution in [0, 0.1) is 0 Å². The number of hydrogen-bond donors (Lipinski definition) is 4. The molecule has 1 fully saturated rings. The van der Waals surface area contributed by atoms with E-state index in [-0.39, 0.29) is 6.03 Å². The first-order valence-electron chi connectivity index (χ1n) is 13.7. The number of nitrogens with one attached hydrogen (secondary N) is 2. The fourth-order valence-electron chi connectivity index (χ4n) is 5.21. The van der Waals surface area contributed by atoms with Gasteiger partial charge in [-0.25, -0.2) is 15.6 Å². The summed E-state index contributed by atoms with van der Waals surface area (Å²) >= 11 is 0. The van der Waals surface area contributed by atoms with Gasteiger partial charge in [0.05, 0.1) is 12.1 Å². The van der Waals surface area contributed by atoms with Crippen LogP contribution < -0.4 is 10.9 Å². The molecule has 1 aliphatic rings. The molecule has 40 heavy (non-hydrogen) atoms. The van der Waals surface area contributed by atoms with Crippen LogP contribution in [-0.2, 0) is 25.9 Å². The van der Waals surface area contributed by atoms with Crippen LogP contribution in [0.3, 0.4) is 0 Å². The van der Waals surface area contributed by atoms with Gasteiger partial charge in [0.2, 0.25) is 0 Å². The van der Waals surface area contributed by atoms with Crippen LogP contribution in [0.15, 0.2) is 121 Å². The topological polar surface area (TPSA) is 88.1 Å². The zero-order valence-electron chi connectivity index (χ0n) is 22.4. The van der Waals surface area contributed by atoms with Gasteiger partial charge in [-0.1, -0.05) is 121 Å². The number of rotatable bonds is 10. The highest BCUT2D eigenvalue weighted by Crippen LogP contribution is 2.26. The summed E-state index contributed by atoms with van der Waals surface area (Å²) in [6.45, 7) is 0.771.